The summed E-state index contributed by atoms with van der Waals surface area (Å²) in [5.74, 6) is -6.83. The molecule has 0 saturated carbocycles. The summed E-state index contributed by atoms with van der Waals surface area (Å²) in [6, 6.07) is 8.49. The molecule has 0 fully saturated rings. The summed E-state index contributed by atoms with van der Waals surface area (Å²) in [5, 5.41) is -6.48. The van der Waals surface area contributed by atoms with Gasteiger partial charge < -0.3 is 0 Å². The van der Waals surface area contributed by atoms with Crippen LogP contribution in [0, 0.1) is 6.07 Å². The van der Waals surface area contributed by atoms with Crippen molar-refractivity contribution in [2.75, 3.05) is 0 Å². The summed E-state index contributed by atoms with van der Waals surface area (Å²) in [6.07, 6.45) is -6.80. The van der Waals surface area contributed by atoms with Crippen LogP contribution in [-0.4, -0.2) is 25.8 Å². The zero-order valence-electron chi connectivity index (χ0n) is 12.9. The topological polar surface area (TPSA) is 34.1 Å². The fourth-order valence-corrected chi connectivity index (χ4v) is 5.68. The molecule has 2 aromatic carbocycles. The minimum atomic E-state index is -6.83. The van der Waals surface area contributed by atoms with Gasteiger partial charge in [0.1, 0.15) is 0 Å². The van der Waals surface area contributed by atoms with Gasteiger partial charge in [0.05, 0.1) is 4.90 Å². The van der Waals surface area contributed by atoms with Crippen LogP contribution in [0.3, 0.4) is 0 Å². The Morgan fingerprint density at radius 3 is 1.93 bits per heavy atom. The molecular formula is C15H5Br3F7O2S. The molecule has 0 bridgehead atoms. The predicted molar refractivity (Wildman–Crippen MR) is 96.9 cm³/mol. The van der Waals surface area contributed by atoms with Gasteiger partial charge in [0.2, 0.25) is 0 Å². The summed E-state index contributed by atoms with van der Waals surface area (Å²) in [7, 11) is -6.52. The zero-order chi connectivity index (χ0) is 21.7. The van der Waals surface area contributed by atoms with Gasteiger partial charge >= 0.3 is 17.4 Å². The molecule has 153 valence electrons. The third-order valence-electron chi connectivity index (χ3n) is 3.44. The Balaban J connectivity index is 2.90. The minimum absolute atomic E-state index is 0.0529. The van der Waals surface area contributed by atoms with E-state index in [0.717, 1.165) is 0 Å². The highest BCUT2D eigenvalue weighted by Crippen LogP contribution is 2.53. The molecule has 0 atom stereocenters. The lowest BCUT2D eigenvalue weighted by Gasteiger charge is -2.28. The number of rotatable bonds is 4. The Labute approximate surface area is 179 Å². The largest absolute Gasteiger partial charge is 0.461 e. The van der Waals surface area contributed by atoms with Crippen LogP contribution in [0.15, 0.2) is 48.6 Å². The van der Waals surface area contributed by atoms with E-state index in [-0.39, 0.29) is 19.0 Å². The van der Waals surface area contributed by atoms with Crippen molar-refractivity contribution in [3.05, 3.63) is 49.8 Å². The normalized spacial score (nSPS) is 13.6. The summed E-state index contributed by atoms with van der Waals surface area (Å²) < 4.78 is 117. The van der Waals surface area contributed by atoms with Crippen molar-refractivity contribution in [2.45, 2.75) is 22.2 Å². The van der Waals surface area contributed by atoms with Gasteiger partial charge in [0, 0.05) is 25.0 Å². The number of hydrogen-bond acceptors (Lipinski definition) is 2. The van der Waals surface area contributed by atoms with Crippen LogP contribution in [0.5, 0.6) is 0 Å². The molecule has 0 aliphatic carbocycles. The smallest absolute Gasteiger partial charge is 0.217 e. The number of halogens is 10. The third kappa shape index (κ3) is 3.74. The SMILES string of the molecule is O=S(=O)(c1cc(Br)[c]c(Br)c1-c1ccccc1Br)C(F)(F)C(F)(F)C(F)(F)F. The van der Waals surface area contributed by atoms with Gasteiger partial charge in [0.15, 0.2) is 0 Å². The first-order valence-electron chi connectivity index (χ1n) is 6.79. The molecule has 0 heterocycles. The summed E-state index contributed by atoms with van der Waals surface area (Å²) >= 11 is 8.71. The van der Waals surface area contributed by atoms with E-state index in [9.17, 15) is 39.2 Å². The van der Waals surface area contributed by atoms with Gasteiger partial charge in [0.25, 0.3) is 9.84 Å². The summed E-state index contributed by atoms with van der Waals surface area (Å²) in [6.45, 7) is 0. The van der Waals surface area contributed by atoms with Crippen LogP contribution in [0.2, 0.25) is 0 Å². The molecule has 0 aromatic heterocycles. The highest BCUT2D eigenvalue weighted by Gasteiger charge is 2.78. The van der Waals surface area contributed by atoms with Crippen molar-refractivity contribution < 1.29 is 39.2 Å². The first-order valence-corrected chi connectivity index (χ1v) is 10.6. The van der Waals surface area contributed by atoms with E-state index in [1.54, 1.807) is 0 Å². The van der Waals surface area contributed by atoms with E-state index >= 15 is 0 Å². The van der Waals surface area contributed by atoms with Crippen molar-refractivity contribution in [2.24, 2.45) is 0 Å². The molecule has 13 heteroatoms. The Bertz CT molecular complexity index is 1020. The van der Waals surface area contributed by atoms with E-state index in [0.29, 0.717) is 6.07 Å². The fourth-order valence-electron chi connectivity index (χ4n) is 2.10. The van der Waals surface area contributed by atoms with Gasteiger partial charge in [-0.2, -0.15) is 30.7 Å². The second-order valence-electron chi connectivity index (χ2n) is 5.24. The fraction of sp³-hybridized carbons (Fsp3) is 0.200. The average molecular weight is 622 g/mol. The maximum atomic E-state index is 14.1. The average Bonchev–Trinajstić information content (AvgIpc) is 2.53. The van der Waals surface area contributed by atoms with E-state index in [1.807, 2.05) is 0 Å². The Morgan fingerprint density at radius 1 is 0.893 bits per heavy atom. The van der Waals surface area contributed by atoms with Crippen LogP contribution < -0.4 is 0 Å². The van der Waals surface area contributed by atoms with Gasteiger partial charge in [-0.15, -0.1) is 0 Å². The van der Waals surface area contributed by atoms with Crippen molar-refractivity contribution in [3.8, 4) is 11.1 Å². The molecule has 28 heavy (non-hydrogen) atoms. The van der Waals surface area contributed by atoms with E-state index in [2.05, 4.69) is 53.9 Å². The molecule has 0 spiro atoms. The molecule has 2 nitrogen and oxygen atoms in total. The zero-order valence-corrected chi connectivity index (χ0v) is 18.5. The lowest BCUT2D eigenvalue weighted by atomic mass is 10.1. The van der Waals surface area contributed by atoms with Crippen LogP contribution in [0.25, 0.3) is 11.1 Å². The quantitative estimate of drug-likeness (QED) is 0.345. The van der Waals surface area contributed by atoms with Crippen molar-refractivity contribution in [3.63, 3.8) is 0 Å². The standard InChI is InChI=1S/C15H5Br3F7O2S/c16-7-5-10(18)12(8-3-1-2-4-9(8)17)11(6-7)28(26,27)15(24,25)13(19,20)14(21,22)23/h1-4,6H. The molecule has 0 aliphatic rings. The van der Waals surface area contributed by atoms with Crippen LogP contribution in [0.4, 0.5) is 30.7 Å². The first kappa shape index (κ1) is 23.6. The van der Waals surface area contributed by atoms with Crippen LogP contribution in [-0.2, 0) is 9.84 Å². The highest BCUT2D eigenvalue weighted by atomic mass is 79.9. The summed E-state index contributed by atoms with van der Waals surface area (Å²) in [5.41, 5.74) is -0.615. The molecule has 0 N–H and O–H groups in total. The maximum Gasteiger partial charge on any atom is 0.461 e. The van der Waals surface area contributed by atoms with Crippen LogP contribution >= 0.6 is 47.8 Å². The number of sulfone groups is 1. The third-order valence-corrected chi connectivity index (χ3v) is 6.99. The van der Waals surface area contributed by atoms with Crippen LogP contribution in [0.1, 0.15) is 0 Å². The lowest BCUT2D eigenvalue weighted by Crippen LogP contribution is -2.56. The Morgan fingerprint density at radius 2 is 1.43 bits per heavy atom. The predicted octanol–water partition coefficient (Wildman–Crippen LogP) is 7.01. The molecule has 2 rings (SSSR count). The molecule has 1 radical (unpaired) electrons. The highest BCUT2D eigenvalue weighted by molar-refractivity contribution is 9.11. The van der Waals surface area contributed by atoms with Gasteiger partial charge in [-0.3, -0.25) is 0 Å². The molecule has 2 aromatic rings. The van der Waals surface area contributed by atoms with Gasteiger partial charge in [-0.1, -0.05) is 50.1 Å². The van der Waals surface area contributed by atoms with Crippen molar-refractivity contribution in [1.82, 2.24) is 0 Å². The van der Waals surface area contributed by atoms with Gasteiger partial charge in [-0.25, -0.2) is 8.42 Å². The second-order valence-corrected chi connectivity index (χ2v) is 9.70. The lowest BCUT2D eigenvalue weighted by molar-refractivity contribution is -0.332. The summed E-state index contributed by atoms with van der Waals surface area (Å²) in [4.78, 5) is -1.44. The Kier molecular flexibility index (Phi) is 6.37. The Hall–Kier alpha value is -0.660. The molecule has 0 aliphatic heterocycles. The van der Waals surface area contributed by atoms with E-state index < -0.39 is 37.6 Å². The van der Waals surface area contributed by atoms with Crippen molar-refractivity contribution in [1.29, 1.82) is 0 Å². The number of alkyl halides is 7. The number of hydrogen-bond donors (Lipinski definition) is 0. The van der Waals surface area contributed by atoms with Crippen molar-refractivity contribution >= 4 is 57.6 Å². The molecule has 0 saturated heterocycles. The monoisotopic (exact) mass is 619 g/mol. The molecular weight excluding hydrogens is 617 g/mol. The first-order chi connectivity index (χ1) is 12.6. The van der Waals surface area contributed by atoms with Gasteiger partial charge in [-0.05, 0) is 33.6 Å². The maximum absolute atomic E-state index is 14.1. The molecule has 0 unspecified atom stereocenters. The second kappa shape index (κ2) is 7.55. The molecule has 0 amide bonds. The number of benzene rings is 2. The van der Waals surface area contributed by atoms with E-state index in [4.69, 9.17) is 0 Å². The van der Waals surface area contributed by atoms with E-state index in [1.165, 1.54) is 24.3 Å². The minimum Gasteiger partial charge on any atom is -0.217 e.